The number of halogens is 1. The van der Waals surface area contributed by atoms with E-state index in [2.05, 4.69) is 41.1 Å². The minimum atomic E-state index is -3.85. The number of sulfonamides is 1. The van der Waals surface area contributed by atoms with E-state index in [0.29, 0.717) is 18.4 Å². The molecule has 0 amide bonds. The normalized spacial score (nSPS) is 19.0. The highest BCUT2D eigenvalue weighted by Gasteiger charge is 2.25. The van der Waals surface area contributed by atoms with Crippen LogP contribution in [0.15, 0.2) is 53.4 Å². The van der Waals surface area contributed by atoms with Gasteiger partial charge in [-0.15, -0.1) is 0 Å². The maximum absolute atomic E-state index is 13.9. The van der Waals surface area contributed by atoms with E-state index >= 15 is 0 Å². The number of rotatable bonds is 8. The molecule has 0 saturated heterocycles. The summed E-state index contributed by atoms with van der Waals surface area (Å²) in [5.74, 6) is 1.40. The van der Waals surface area contributed by atoms with Gasteiger partial charge in [-0.25, -0.2) is 22.5 Å². The summed E-state index contributed by atoms with van der Waals surface area (Å²) < 4.78 is 41.4. The Morgan fingerprint density at radius 1 is 0.914 bits per heavy atom. The van der Waals surface area contributed by atoms with Gasteiger partial charge in [0.05, 0.1) is 5.52 Å². The van der Waals surface area contributed by atoms with Crippen LogP contribution >= 0.6 is 0 Å². The van der Waals surface area contributed by atoms with Crippen LogP contribution in [0.5, 0.6) is 0 Å². The zero-order valence-corrected chi connectivity index (χ0v) is 21.3. The van der Waals surface area contributed by atoms with E-state index in [1.54, 1.807) is 0 Å². The average Bonchev–Trinajstić information content (AvgIpc) is 2.81. The van der Waals surface area contributed by atoms with Crippen molar-refractivity contribution >= 4 is 32.7 Å². The quantitative estimate of drug-likeness (QED) is 0.395. The molecular weight excluding hydrogens is 465 g/mol. The van der Waals surface area contributed by atoms with Crippen LogP contribution in [0.25, 0.3) is 10.9 Å². The fourth-order valence-electron chi connectivity index (χ4n) is 4.45. The fraction of sp³-hybridized carbons (Fsp3) is 0.462. The lowest BCUT2D eigenvalue weighted by molar-refractivity contribution is 0.284. The van der Waals surface area contributed by atoms with E-state index in [0.717, 1.165) is 55.0 Å². The predicted molar refractivity (Wildman–Crippen MR) is 138 cm³/mol. The van der Waals surface area contributed by atoms with Crippen LogP contribution in [0.2, 0.25) is 0 Å². The Balaban J connectivity index is 1.31. The lowest BCUT2D eigenvalue weighted by atomic mass is 9.82. The molecule has 0 bridgehead atoms. The Morgan fingerprint density at radius 3 is 2.23 bits per heavy atom. The van der Waals surface area contributed by atoms with E-state index in [-0.39, 0.29) is 16.4 Å². The summed E-state index contributed by atoms with van der Waals surface area (Å²) in [4.78, 5) is 9.13. The Kier molecular flexibility index (Phi) is 7.56. The van der Waals surface area contributed by atoms with E-state index in [1.807, 2.05) is 24.3 Å². The smallest absolute Gasteiger partial charge is 0.243 e. The summed E-state index contributed by atoms with van der Waals surface area (Å²) in [6, 6.07) is 13.4. The third kappa shape index (κ3) is 6.67. The number of fused-ring (bicyclic) bond motifs is 1. The summed E-state index contributed by atoms with van der Waals surface area (Å²) in [5, 5.41) is 7.89. The van der Waals surface area contributed by atoms with Gasteiger partial charge in [0.1, 0.15) is 16.5 Å². The van der Waals surface area contributed by atoms with Gasteiger partial charge in [-0.1, -0.05) is 24.3 Å². The molecule has 7 nitrogen and oxygen atoms in total. The second-order valence-electron chi connectivity index (χ2n) is 10.3. The van der Waals surface area contributed by atoms with Crippen LogP contribution < -0.4 is 15.4 Å². The molecule has 1 fully saturated rings. The van der Waals surface area contributed by atoms with E-state index in [9.17, 15) is 12.8 Å². The van der Waals surface area contributed by atoms with Crippen molar-refractivity contribution in [3.63, 3.8) is 0 Å². The Hall–Kier alpha value is -2.78. The number of benzene rings is 2. The largest absolute Gasteiger partial charge is 0.365 e. The van der Waals surface area contributed by atoms with Crippen molar-refractivity contribution in [2.24, 2.45) is 11.8 Å². The monoisotopic (exact) mass is 499 g/mol. The van der Waals surface area contributed by atoms with E-state index in [1.165, 1.54) is 18.2 Å². The van der Waals surface area contributed by atoms with Crippen molar-refractivity contribution in [1.29, 1.82) is 0 Å². The second-order valence-corrected chi connectivity index (χ2v) is 12.1. The molecule has 3 N–H and O–H groups in total. The second kappa shape index (κ2) is 10.5. The highest BCUT2D eigenvalue weighted by atomic mass is 32.2. The first kappa shape index (κ1) is 25.3. The Morgan fingerprint density at radius 2 is 1.54 bits per heavy atom. The van der Waals surface area contributed by atoms with Crippen LogP contribution in [-0.4, -0.2) is 37.0 Å². The minimum Gasteiger partial charge on any atom is -0.365 e. The lowest BCUT2D eigenvalue weighted by Crippen LogP contribution is -2.32. The zero-order valence-electron chi connectivity index (χ0n) is 20.5. The minimum absolute atomic E-state index is 0.124. The highest BCUT2D eigenvalue weighted by Crippen LogP contribution is 2.30. The van der Waals surface area contributed by atoms with Gasteiger partial charge in [-0.2, -0.15) is 4.98 Å². The number of anilines is 2. The summed E-state index contributed by atoms with van der Waals surface area (Å²) >= 11 is 0. The topological polar surface area (TPSA) is 96.0 Å². The Bertz CT molecular complexity index is 1270. The molecule has 1 aliphatic rings. The van der Waals surface area contributed by atoms with Crippen molar-refractivity contribution in [2.45, 2.75) is 56.9 Å². The lowest BCUT2D eigenvalue weighted by Gasteiger charge is -2.29. The first-order chi connectivity index (χ1) is 16.6. The van der Waals surface area contributed by atoms with Gasteiger partial charge in [0.25, 0.3) is 0 Å². The van der Waals surface area contributed by atoms with Gasteiger partial charge < -0.3 is 10.6 Å². The van der Waals surface area contributed by atoms with Gasteiger partial charge in [0.2, 0.25) is 16.0 Å². The molecule has 1 aliphatic carbocycles. The fourth-order valence-corrected chi connectivity index (χ4v) is 5.64. The molecule has 2 aromatic carbocycles. The van der Waals surface area contributed by atoms with Crippen molar-refractivity contribution in [3.05, 3.63) is 54.3 Å². The van der Waals surface area contributed by atoms with Gasteiger partial charge in [-0.3, -0.25) is 0 Å². The van der Waals surface area contributed by atoms with Crippen LogP contribution in [0.3, 0.4) is 0 Å². The van der Waals surface area contributed by atoms with Crippen molar-refractivity contribution < 1.29 is 12.8 Å². The predicted octanol–water partition coefficient (Wildman–Crippen LogP) is 5.18. The summed E-state index contributed by atoms with van der Waals surface area (Å²) in [6.07, 6.45) is 3.81. The molecule has 0 unspecified atom stereocenters. The molecule has 1 saturated carbocycles. The third-order valence-electron chi connectivity index (χ3n) is 6.30. The Labute approximate surface area is 207 Å². The zero-order chi connectivity index (χ0) is 25.1. The summed E-state index contributed by atoms with van der Waals surface area (Å²) in [5.41, 5.74) is 0.767. The standard InChI is InChI=1S/C26H34FN5O2S/c1-26(2,3)32-24-20-8-4-6-10-22(20)30-25(31-24)28-16-18-12-14-19(15-13-18)17-29-35(33,34)23-11-7-5-9-21(23)27/h4-11,18-19,29H,12-17H2,1-3H3,(H2,28,30,31,32). The number of para-hydroxylation sites is 1. The van der Waals surface area contributed by atoms with Crippen LogP contribution in [0, 0.1) is 17.7 Å². The van der Waals surface area contributed by atoms with Gasteiger partial charge in [0.15, 0.2) is 0 Å². The number of hydrogen-bond donors (Lipinski definition) is 3. The highest BCUT2D eigenvalue weighted by molar-refractivity contribution is 7.89. The number of nitrogens with one attached hydrogen (secondary N) is 3. The molecule has 0 radical (unpaired) electrons. The van der Waals surface area contributed by atoms with Gasteiger partial charge in [0, 0.05) is 24.0 Å². The molecule has 9 heteroatoms. The summed E-state index contributed by atoms with van der Waals surface area (Å²) in [6.45, 7) is 7.40. The summed E-state index contributed by atoms with van der Waals surface area (Å²) in [7, 11) is -3.85. The maximum atomic E-state index is 13.9. The molecular formula is C26H34FN5O2S. The molecule has 4 rings (SSSR count). The molecule has 1 aromatic heterocycles. The average molecular weight is 500 g/mol. The number of aromatic nitrogens is 2. The number of nitrogens with zero attached hydrogens (tertiary/aromatic N) is 2. The van der Waals surface area contributed by atoms with Crippen LogP contribution in [0.1, 0.15) is 46.5 Å². The third-order valence-corrected chi connectivity index (χ3v) is 7.76. The SMILES string of the molecule is CC(C)(C)Nc1nc(NCC2CCC(CNS(=O)(=O)c3ccccc3F)CC2)nc2ccccc12. The molecule has 0 atom stereocenters. The number of hydrogen-bond acceptors (Lipinski definition) is 6. The molecule has 3 aromatic rings. The van der Waals surface area contributed by atoms with Crippen LogP contribution in [0.4, 0.5) is 16.2 Å². The molecule has 1 heterocycles. The first-order valence-electron chi connectivity index (χ1n) is 12.1. The first-order valence-corrected chi connectivity index (χ1v) is 13.6. The van der Waals surface area contributed by atoms with Crippen LogP contribution in [-0.2, 0) is 10.0 Å². The maximum Gasteiger partial charge on any atom is 0.243 e. The van der Waals surface area contributed by atoms with E-state index in [4.69, 9.17) is 4.98 Å². The van der Waals surface area contributed by atoms with Crippen molar-refractivity contribution in [1.82, 2.24) is 14.7 Å². The molecule has 35 heavy (non-hydrogen) atoms. The van der Waals surface area contributed by atoms with E-state index < -0.39 is 15.8 Å². The van der Waals surface area contributed by atoms with Crippen molar-refractivity contribution in [2.75, 3.05) is 23.7 Å². The molecule has 0 aliphatic heterocycles. The van der Waals surface area contributed by atoms with Gasteiger partial charge in [-0.05, 0) is 82.6 Å². The van der Waals surface area contributed by atoms with Crippen molar-refractivity contribution in [3.8, 4) is 0 Å². The van der Waals surface area contributed by atoms with Gasteiger partial charge >= 0.3 is 0 Å². The molecule has 188 valence electrons. The molecule has 0 spiro atoms.